The first kappa shape index (κ1) is 12.3. The van der Waals surface area contributed by atoms with Crippen molar-refractivity contribution in [3.8, 4) is 0 Å². The number of ether oxygens (including phenoxy) is 1. The molecular weight excluding hydrogens is 221 g/mol. The molecule has 14 heavy (non-hydrogen) atoms. The summed E-state index contributed by atoms with van der Waals surface area (Å²) in [4.78, 5) is 0. The van der Waals surface area contributed by atoms with Crippen molar-refractivity contribution in [2.45, 2.75) is 19.3 Å². The summed E-state index contributed by atoms with van der Waals surface area (Å²) in [6.45, 7) is 2.53. The van der Waals surface area contributed by atoms with Crippen LogP contribution in [0, 0.1) is 5.41 Å². The van der Waals surface area contributed by atoms with E-state index in [1.807, 2.05) is 0 Å². The molecule has 0 amide bonds. The molecule has 0 aromatic heterocycles. The third kappa shape index (κ3) is 4.18. The molecule has 1 aliphatic rings. The van der Waals surface area contributed by atoms with E-state index < -0.39 is 0 Å². The van der Waals surface area contributed by atoms with E-state index in [1.54, 1.807) is 7.11 Å². The minimum Gasteiger partial charge on any atom is -0.385 e. The predicted molar refractivity (Wildman–Crippen MR) is 60.8 cm³/mol. The molecule has 1 N–H and O–H groups in total. The summed E-state index contributed by atoms with van der Waals surface area (Å²) in [6, 6.07) is 0. The molecule has 1 aliphatic carbocycles. The van der Waals surface area contributed by atoms with Gasteiger partial charge in [-0.1, -0.05) is 23.2 Å². The normalized spacial score (nSPS) is 19.8. The van der Waals surface area contributed by atoms with Crippen LogP contribution >= 0.6 is 23.2 Å². The maximum Gasteiger partial charge on any atom is 0.0468 e. The second kappa shape index (κ2) is 5.96. The van der Waals surface area contributed by atoms with Gasteiger partial charge in [0.1, 0.15) is 0 Å². The molecule has 1 rings (SSSR count). The topological polar surface area (TPSA) is 21.3 Å². The van der Waals surface area contributed by atoms with Crippen molar-refractivity contribution < 1.29 is 4.74 Å². The molecule has 0 radical (unpaired) electrons. The van der Waals surface area contributed by atoms with Gasteiger partial charge in [-0.3, -0.25) is 0 Å². The largest absolute Gasteiger partial charge is 0.385 e. The zero-order valence-corrected chi connectivity index (χ0v) is 10.00. The summed E-state index contributed by atoms with van der Waals surface area (Å²) in [7, 11) is 1.75. The molecule has 4 heteroatoms. The van der Waals surface area contributed by atoms with E-state index >= 15 is 0 Å². The standard InChI is InChI=1S/C10H17Cl2NO/c1-14-5-4-10(2-3-10)8-13-7-9(12)6-11/h6,13H,2-5,7-8H2,1H3. The Bertz CT molecular complexity index is 202. The number of methoxy groups -OCH3 is 1. The smallest absolute Gasteiger partial charge is 0.0468 e. The van der Waals surface area contributed by atoms with Gasteiger partial charge in [-0.15, -0.1) is 0 Å². The molecule has 0 saturated heterocycles. The SMILES string of the molecule is COCCC1(CNCC(Cl)=CCl)CC1. The highest BCUT2D eigenvalue weighted by molar-refractivity contribution is 6.36. The van der Waals surface area contributed by atoms with Gasteiger partial charge in [-0.2, -0.15) is 0 Å². The Morgan fingerprint density at radius 3 is 2.79 bits per heavy atom. The number of rotatable bonds is 7. The number of hydrogen-bond acceptors (Lipinski definition) is 2. The molecular formula is C10H17Cl2NO. The van der Waals surface area contributed by atoms with Crippen LogP contribution in [0.5, 0.6) is 0 Å². The van der Waals surface area contributed by atoms with Gasteiger partial charge in [-0.25, -0.2) is 0 Å². The fourth-order valence-corrected chi connectivity index (χ4v) is 1.67. The van der Waals surface area contributed by atoms with Crippen molar-refractivity contribution in [3.63, 3.8) is 0 Å². The quantitative estimate of drug-likeness (QED) is 0.736. The van der Waals surface area contributed by atoms with E-state index in [9.17, 15) is 0 Å². The van der Waals surface area contributed by atoms with E-state index in [2.05, 4.69) is 5.32 Å². The molecule has 1 fully saturated rings. The number of nitrogens with one attached hydrogen (secondary N) is 1. The molecule has 1 saturated carbocycles. The van der Waals surface area contributed by atoms with Gasteiger partial charge in [0.15, 0.2) is 0 Å². The highest BCUT2D eigenvalue weighted by Gasteiger charge is 2.41. The summed E-state index contributed by atoms with van der Waals surface area (Å²) in [5, 5.41) is 3.97. The molecule has 0 aromatic carbocycles. The molecule has 82 valence electrons. The summed E-state index contributed by atoms with van der Waals surface area (Å²) < 4.78 is 5.08. The van der Waals surface area contributed by atoms with Crippen molar-refractivity contribution in [1.82, 2.24) is 5.32 Å². The van der Waals surface area contributed by atoms with Crippen LogP contribution in [0.2, 0.25) is 0 Å². The fourth-order valence-electron chi connectivity index (χ4n) is 1.50. The molecule has 0 heterocycles. The zero-order valence-electron chi connectivity index (χ0n) is 8.48. The third-order valence-electron chi connectivity index (χ3n) is 2.71. The first-order chi connectivity index (χ1) is 6.72. The maximum atomic E-state index is 5.76. The van der Waals surface area contributed by atoms with Crippen molar-refractivity contribution in [3.05, 3.63) is 10.6 Å². The first-order valence-corrected chi connectivity index (χ1v) is 5.68. The minimum absolute atomic E-state index is 0.472. The van der Waals surface area contributed by atoms with E-state index in [-0.39, 0.29) is 0 Å². The Morgan fingerprint density at radius 2 is 2.29 bits per heavy atom. The Balaban J connectivity index is 2.11. The monoisotopic (exact) mass is 237 g/mol. The molecule has 0 atom stereocenters. The van der Waals surface area contributed by atoms with Crippen LogP contribution in [0.25, 0.3) is 0 Å². The molecule has 2 nitrogen and oxygen atoms in total. The number of hydrogen-bond donors (Lipinski definition) is 1. The number of halogens is 2. The summed E-state index contributed by atoms with van der Waals surface area (Å²) in [5.41, 5.74) is 1.88. The Kier molecular flexibility index (Phi) is 5.24. The van der Waals surface area contributed by atoms with Crippen LogP contribution < -0.4 is 5.32 Å². The third-order valence-corrected chi connectivity index (χ3v) is 3.32. The molecule has 0 unspecified atom stereocenters. The van der Waals surface area contributed by atoms with E-state index in [0.717, 1.165) is 19.6 Å². The van der Waals surface area contributed by atoms with Gasteiger partial charge in [0.25, 0.3) is 0 Å². The summed E-state index contributed by atoms with van der Waals surface area (Å²) in [6.07, 6.45) is 3.73. The lowest BCUT2D eigenvalue weighted by molar-refractivity contribution is 0.171. The van der Waals surface area contributed by atoms with Gasteiger partial charge in [-0.05, 0) is 24.7 Å². The molecule has 0 spiro atoms. The Morgan fingerprint density at radius 1 is 1.57 bits per heavy atom. The van der Waals surface area contributed by atoms with Crippen LogP contribution in [0.4, 0.5) is 0 Å². The van der Waals surface area contributed by atoms with E-state index in [4.69, 9.17) is 27.9 Å². The van der Waals surface area contributed by atoms with Crippen molar-refractivity contribution in [1.29, 1.82) is 0 Å². The zero-order chi connectivity index (χ0) is 10.4. The second-order valence-corrected chi connectivity index (χ2v) is 4.61. The van der Waals surface area contributed by atoms with Crippen molar-refractivity contribution in [2.24, 2.45) is 5.41 Å². The van der Waals surface area contributed by atoms with Gasteiger partial charge in [0.2, 0.25) is 0 Å². The molecule has 0 aliphatic heterocycles. The highest BCUT2D eigenvalue weighted by atomic mass is 35.5. The molecule has 0 aromatic rings. The van der Waals surface area contributed by atoms with Crippen LogP contribution in [-0.4, -0.2) is 26.8 Å². The Hall–Kier alpha value is 0.240. The molecule has 0 bridgehead atoms. The fraction of sp³-hybridized carbons (Fsp3) is 0.800. The van der Waals surface area contributed by atoms with Crippen LogP contribution in [0.1, 0.15) is 19.3 Å². The summed E-state index contributed by atoms with van der Waals surface area (Å²) >= 11 is 11.2. The van der Waals surface area contributed by atoms with Gasteiger partial charge in [0, 0.05) is 37.4 Å². The van der Waals surface area contributed by atoms with Crippen molar-refractivity contribution in [2.75, 3.05) is 26.8 Å². The maximum absolute atomic E-state index is 5.76. The first-order valence-electron chi connectivity index (χ1n) is 4.87. The van der Waals surface area contributed by atoms with Crippen molar-refractivity contribution >= 4 is 23.2 Å². The second-order valence-electron chi connectivity index (χ2n) is 3.90. The van der Waals surface area contributed by atoms with E-state index in [1.165, 1.54) is 18.4 Å². The average molecular weight is 238 g/mol. The van der Waals surface area contributed by atoms with Crippen LogP contribution in [0.15, 0.2) is 10.6 Å². The predicted octanol–water partition coefficient (Wildman–Crippen LogP) is 2.71. The lowest BCUT2D eigenvalue weighted by Crippen LogP contribution is -2.26. The summed E-state index contributed by atoms with van der Waals surface area (Å²) in [5.74, 6) is 0. The van der Waals surface area contributed by atoms with E-state index in [0.29, 0.717) is 17.0 Å². The van der Waals surface area contributed by atoms with Gasteiger partial charge >= 0.3 is 0 Å². The highest BCUT2D eigenvalue weighted by Crippen LogP contribution is 2.48. The van der Waals surface area contributed by atoms with Gasteiger partial charge < -0.3 is 10.1 Å². The van der Waals surface area contributed by atoms with Crippen LogP contribution in [0.3, 0.4) is 0 Å². The minimum atomic E-state index is 0.472. The Labute approximate surface area is 95.6 Å². The average Bonchev–Trinajstić information content (AvgIpc) is 2.95. The van der Waals surface area contributed by atoms with Crippen LogP contribution in [-0.2, 0) is 4.74 Å². The lowest BCUT2D eigenvalue weighted by Gasteiger charge is -2.14. The van der Waals surface area contributed by atoms with Gasteiger partial charge in [0.05, 0.1) is 0 Å². The lowest BCUT2D eigenvalue weighted by atomic mass is 10.0.